The number of benzene rings is 1. The lowest BCUT2D eigenvalue weighted by Crippen LogP contribution is -2.35. The molecule has 0 fully saturated rings. The van der Waals surface area contributed by atoms with Gasteiger partial charge in [0.1, 0.15) is 12.4 Å². The molecule has 0 aliphatic heterocycles. The van der Waals surface area contributed by atoms with Crippen molar-refractivity contribution in [1.29, 1.82) is 0 Å². The predicted octanol–water partition coefficient (Wildman–Crippen LogP) is 3.15. The number of rotatable bonds is 6. The highest BCUT2D eigenvalue weighted by Crippen LogP contribution is 2.23. The van der Waals surface area contributed by atoms with E-state index in [1.165, 1.54) is 7.11 Å². The number of carbonyl (C=O) groups is 1. The Balaban J connectivity index is 2.73. The third kappa shape index (κ3) is 5.76. The van der Waals surface area contributed by atoms with Gasteiger partial charge in [-0.2, -0.15) is 0 Å². The second-order valence-electron chi connectivity index (χ2n) is 6.88. The molecular formula is C17H27NO3. The molecule has 1 N–H and O–H groups in total. The number of hydrogen-bond acceptors (Lipinski definition) is 4. The highest BCUT2D eigenvalue weighted by Gasteiger charge is 2.30. The van der Waals surface area contributed by atoms with Gasteiger partial charge in [-0.25, -0.2) is 0 Å². The highest BCUT2D eigenvalue weighted by atomic mass is 16.5. The van der Waals surface area contributed by atoms with E-state index in [9.17, 15) is 4.79 Å². The van der Waals surface area contributed by atoms with Gasteiger partial charge in [-0.3, -0.25) is 4.79 Å². The maximum atomic E-state index is 11.7. The van der Waals surface area contributed by atoms with Gasteiger partial charge in [0.15, 0.2) is 0 Å². The number of methoxy groups -OCH3 is 1. The van der Waals surface area contributed by atoms with Crippen molar-refractivity contribution in [3.05, 3.63) is 29.8 Å². The Hall–Kier alpha value is -1.55. The molecule has 0 atom stereocenters. The SMILES string of the molecule is COC(=O)C(C)(C)COc1ccccc1CNC(C)(C)C. The zero-order valence-electron chi connectivity index (χ0n) is 13.9. The van der Waals surface area contributed by atoms with Crippen LogP contribution in [0.3, 0.4) is 0 Å². The van der Waals surface area contributed by atoms with Crippen LogP contribution in [0.15, 0.2) is 24.3 Å². The molecule has 0 aliphatic rings. The van der Waals surface area contributed by atoms with E-state index in [0.717, 1.165) is 17.9 Å². The van der Waals surface area contributed by atoms with E-state index >= 15 is 0 Å². The smallest absolute Gasteiger partial charge is 0.314 e. The molecule has 0 amide bonds. The van der Waals surface area contributed by atoms with E-state index in [0.29, 0.717) is 0 Å². The van der Waals surface area contributed by atoms with Gasteiger partial charge in [-0.1, -0.05) is 18.2 Å². The summed E-state index contributed by atoms with van der Waals surface area (Å²) in [6.07, 6.45) is 0. The molecule has 0 radical (unpaired) electrons. The molecule has 0 unspecified atom stereocenters. The monoisotopic (exact) mass is 293 g/mol. The molecule has 0 aliphatic carbocycles. The summed E-state index contributed by atoms with van der Waals surface area (Å²) in [5.41, 5.74) is 0.450. The summed E-state index contributed by atoms with van der Waals surface area (Å²) in [5, 5.41) is 3.44. The van der Waals surface area contributed by atoms with Crippen molar-refractivity contribution >= 4 is 5.97 Å². The van der Waals surface area contributed by atoms with Crippen LogP contribution in [0.25, 0.3) is 0 Å². The van der Waals surface area contributed by atoms with Crippen molar-refractivity contribution in [2.75, 3.05) is 13.7 Å². The summed E-state index contributed by atoms with van der Waals surface area (Å²) in [6, 6.07) is 7.87. The average molecular weight is 293 g/mol. The molecule has 0 aromatic heterocycles. The standard InChI is InChI=1S/C17H27NO3/c1-16(2,3)18-11-13-9-7-8-10-14(13)21-12-17(4,5)15(19)20-6/h7-10,18H,11-12H2,1-6H3. The van der Waals surface area contributed by atoms with Crippen LogP contribution in [0.5, 0.6) is 5.75 Å². The summed E-state index contributed by atoms with van der Waals surface area (Å²) >= 11 is 0. The first-order valence-electron chi connectivity index (χ1n) is 7.20. The average Bonchev–Trinajstić information content (AvgIpc) is 2.42. The zero-order valence-corrected chi connectivity index (χ0v) is 13.9. The molecule has 1 rings (SSSR count). The maximum Gasteiger partial charge on any atom is 0.314 e. The Morgan fingerprint density at radius 1 is 1.14 bits per heavy atom. The predicted molar refractivity (Wildman–Crippen MR) is 84.3 cm³/mol. The lowest BCUT2D eigenvalue weighted by atomic mass is 9.95. The third-order valence-electron chi connectivity index (χ3n) is 3.11. The number of esters is 1. The van der Waals surface area contributed by atoms with Crippen LogP contribution >= 0.6 is 0 Å². The summed E-state index contributed by atoms with van der Waals surface area (Å²) in [4.78, 5) is 11.7. The van der Waals surface area contributed by atoms with Crippen molar-refractivity contribution < 1.29 is 14.3 Å². The highest BCUT2D eigenvalue weighted by molar-refractivity contribution is 5.75. The quantitative estimate of drug-likeness (QED) is 0.819. The summed E-state index contributed by atoms with van der Waals surface area (Å²) in [7, 11) is 1.39. The molecule has 0 saturated heterocycles. The first kappa shape index (κ1) is 17.5. The number of para-hydroxylation sites is 1. The molecule has 0 spiro atoms. The van der Waals surface area contributed by atoms with Gasteiger partial charge in [-0.05, 0) is 40.7 Å². The van der Waals surface area contributed by atoms with Crippen molar-refractivity contribution in [2.24, 2.45) is 5.41 Å². The largest absolute Gasteiger partial charge is 0.492 e. The van der Waals surface area contributed by atoms with E-state index in [1.807, 2.05) is 38.1 Å². The van der Waals surface area contributed by atoms with Gasteiger partial charge in [0, 0.05) is 17.6 Å². The molecule has 118 valence electrons. The van der Waals surface area contributed by atoms with Crippen LogP contribution in [-0.2, 0) is 16.1 Å². The fourth-order valence-electron chi connectivity index (χ4n) is 1.74. The van der Waals surface area contributed by atoms with E-state index in [4.69, 9.17) is 9.47 Å². The fraction of sp³-hybridized carbons (Fsp3) is 0.588. The van der Waals surface area contributed by atoms with Crippen LogP contribution in [-0.4, -0.2) is 25.2 Å². The van der Waals surface area contributed by atoms with Gasteiger partial charge in [0.05, 0.1) is 12.5 Å². The zero-order chi connectivity index (χ0) is 16.1. The van der Waals surface area contributed by atoms with Crippen molar-refractivity contribution in [1.82, 2.24) is 5.32 Å². The van der Waals surface area contributed by atoms with Crippen LogP contribution in [0.1, 0.15) is 40.2 Å². The van der Waals surface area contributed by atoms with Gasteiger partial charge in [0.2, 0.25) is 0 Å². The molecule has 4 heteroatoms. The number of nitrogens with one attached hydrogen (secondary N) is 1. The van der Waals surface area contributed by atoms with Crippen molar-refractivity contribution in [3.8, 4) is 5.75 Å². The number of carbonyl (C=O) groups excluding carboxylic acids is 1. The Morgan fingerprint density at radius 3 is 2.33 bits per heavy atom. The topological polar surface area (TPSA) is 47.6 Å². The minimum Gasteiger partial charge on any atom is -0.492 e. The van der Waals surface area contributed by atoms with Crippen molar-refractivity contribution in [3.63, 3.8) is 0 Å². The maximum absolute atomic E-state index is 11.7. The van der Waals surface area contributed by atoms with E-state index in [-0.39, 0.29) is 18.1 Å². The van der Waals surface area contributed by atoms with Crippen LogP contribution in [0, 0.1) is 5.41 Å². The van der Waals surface area contributed by atoms with Crippen LogP contribution in [0.4, 0.5) is 0 Å². The van der Waals surface area contributed by atoms with E-state index in [2.05, 4.69) is 26.1 Å². The molecule has 4 nitrogen and oxygen atoms in total. The molecule has 1 aromatic carbocycles. The molecular weight excluding hydrogens is 266 g/mol. The van der Waals surface area contributed by atoms with Gasteiger partial charge < -0.3 is 14.8 Å². The van der Waals surface area contributed by atoms with E-state index in [1.54, 1.807) is 0 Å². The Morgan fingerprint density at radius 2 is 1.76 bits per heavy atom. The van der Waals surface area contributed by atoms with Crippen LogP contribution < -0.4 is 10.1 Å². The molecule has 0 bridgehead atoms. The normalized spacial score (nSPS) is 12.1. The summed E-state index contributed by atoms with van der Waals surface area (Å²) in [5.74, 6) is 0.527. The Labute approximate surface area is 127 Å². The lowest BCUT2D eigenvalue weighted by Gasteiger charge is -2.24. The van der Waals surface area contributed by atoms with Crippen LogP contribution in [0.2, 0.25) is 0 Å². The minimum atomic E-state index is -0.667. The molecule has 1 aromatic rings. The van der Waals surface area contributed by atoms with Gasteiger partial charge in [0.25, 0.3) is 0 Å². The number of ether oxygens (including phenoxy) is 2. The van der Waals surface area contributed by atoms with E-state index < -0.39 is 5.41 Å². The molecule has 0 heterocycles. The summed E-state index contributed by atoms with van der Waals surface area (Å²) in [6.45, 7) is 11.0. The molecule has 21 heavy (non-hydrogen) atoms. The Bertz CT molecular complexity index is 475. The Kier molecular flexibility index (Phi) is 5.78. The second-order valence-corrected chi connectivity index (χ2v) is 6.88. The number of hydrogen-bond donors (Lipinski definition) is 1. The van der Waals surface area contributed by atoms with Gasteiger partial charge in [-0.15, -0.1) is 0 Å². The minimum absolute atomic E-state index is 0.0401. The fourth-order valence-corrected chi connectivity index (χ4v) is 1.74. The molecule has 0 saturated carbocycles. The third-order valence-corrected chi connectivity index (χ3v) is 3.11. The van der Waals surface area contributed by atoms with Crippen molar-refractivity contribution in [2.45, 2.75) is 46.7 Å². The first-order chi connectivity index (χ1) is 9.65. The lowest BCUT2D eigenvalue weighted by molar-refractivity contribution is -0.152. The first-order valence-corrected chi connectivity index (χ1v) is 7.20. The summed E-state index contributed by atoms with van der Waals surface area (Å²) < 4.78 is 10.6. The second kappa shape index (κ2) is 6.94. The van der Waals surface area contributed by atoms with Gasteiger partial charge >= 0.3 is 5.97 Å².